The van der Waals surface area contributed by atoms with Gasteiger partial charge in [0.1, 0.15) is 18.5 Å². The van der Waals surface area contributed by atoms with Crippen LogP contribution in [0.3, 0.4) is 0 Å². The molecular weight excluding hydrogens is 238 g/mol. The molecule has 5 heteroatoms. The lowest BCUT2D eigenvalue weighted by Crippen LogP contribution is -2.23. The van der Waals surface area contributed by atoms with Crippen molar-refractivity contribution in [3.8, 4) is 6.07 Å². The van der Waals surface area contributed by atoms with Gasteiger partial charge in [-0.05, 0) is 18.2 Å². The number of aromatic nitrogens is 2. The largest absolute Gasteiger partial charge is 0.399 e. The highest BCUT2D eigenvalue weighted by molar-refractivity contribution is 5.62. The summed E-state index contributed by atoms with van der Waals surface area (Å²) in [7, 11) is 2.00. The summed E-state index contributed by atoms with van der Waals surface area (Å²) in [6.45, 7) is 1.77. The molecule has 1 heterocycles. The summed E-state index contributed by atoms with van der Waals surface area (Å²) in [4.78, 5) is 0. The number of hydrogen-bond donors (Lipinski definition) is 2. The highest BCUT2D eigenvalue weighted by Crippen LogP contribution is 2.17. The van der Waals surface area contributed by atoms with E-state index >= 15 is 0 Å². The van der Waals surface area contributed by atoms with Gasteiger partial charge in [0.15, 0.2) is 0 Å². The molecule has 0 bridgehead atoms. The van der Waals surface area contributed by atoms with Crippen LogP contribution in [0.4, 0.5) is 11.4 Å². The second-order valence-electron chi connectivity index (χ2n) is 4.51. The van der Waals surface area contributed by atoms with E-state index < -0.39 is 0 Å². The van der Waals surface area contributed by atoms with Crippen LogP contribution in [-0.4, -0.2) is 11.1 Å². The molecule has 0 aliphatic heterocycles. The molecule has 0 radical (unpaired) electrons. The molecule has 2 rings (SSSR count). The molecule has 5 nitrogen and oxygen atoms in total. The Hall–Kier alpha value is -2.48. The Morgan fingerprint density at radius 1 is 1.47 bits per heavy atom. The van der Waals surface area contributed by atoms with E-state index in [-0.39, 0.29) is 0 Å². The molecule has 1 aromatic heterocycles. The molecule has 0 fully saturated rings. The van der Waals surface area contributed by atoms with Gasteiger partial charge in [-0.25, -0.2) is 9.13 Å². The van der Waals surface area contributed by atoms with Crippen molar-refractivity contribution in [2.24, 2.45) is 7.05 Å². The van der Waals surface area contributed by atoms with Crippen LogP contribution in [0.25, 0.3) is 0 Å². The number of aryl methyl sites for hydroxylation is 2. The quantitative estimate of drug-likeness (QED) is 0.481. The van der Waals surface area contributed by atoms with Crippen molar-refractivity contribution < 1.29 is 4.57 Å². The average molecular weight is 256 g/mol. The standard InChI is InChI=1S/C14H18N5/c1-18-7-8-19(11-18)6-2-5-17-14-4-3-13(16)9-12(14)10-15/h3-4,7-9,11,17H,2,5-6,16H2,1H3/q+1. The molecule has 0 spiro atoms. The third kappa shape index (κ3) is 3.49. The van der Waals surface area contributed by atoms with Gasteiger partial charge in [0, 0.05) is 18.7 Å². The van der Waals surface area contributed by atoms with Crippen molar-refractivity contribution in [3.05, 3.63) is 42.5 Å². The van der Waals surface area contributed by atoms with E-state index in [2.05, 4.69) is 16.0 Å². The van der Waals surface area contributed by atoms with Crippen molar-refractivity contribution in [1.29, 1.82) is 5.26 Å². The van der Waals surface area contributed by atoms with Crippen LogP contribution < -0.4 is 15.6 Å². The highest BCUT2D eigenvalue weighted by atomic mass is 15.1. The Morgan fingerprint density at radius 2 is 2.32 bits per heavy atom. The zero-order chi connectivity index (χ0) is 13.7. The fourth-order valence-electron chi connectivity index (χ4n) is 1.93. The summed E-state index contributed by atoms with van der Waals surface area (Å²) in [5.74, 6) is 0. The fourth-order valence-corrected chi connectivity index (χ4v) is 1.93. The van der Waals surface area contributed by atoms with E-state index in [1.807, 2.05) is 36.4 Å². The average Bonchev–Trinajstić information content (AvgIpc) is 2.81. The first-order valence-electron chi connectivity index (χ1n) is 6.23. The number of nitrogens with one attached hydrogen (secondary N) is 1. The second kappa shape index (κ2) is 5.91. The maximum absolute atomic E-state index is 9.03. The van der Waals surface area contributed by atoms with Gasteiger partial charge < -0.3 is 11.1 Å². The lowest BCUT2D eigenvalue weighted by Gasteiger charge is -2.07. The molecular formula is C14H18N5+. The lowest BCUT2D eigenvalue weighted by molar-refractivity contribution is -0.671. The van der Waals surface area contributed by atoms with Gasteiger partial charge in [-0.2, -0.15) is 5.26 Å². The zero-order valence-corrected chi connectivity index (χ0v) is 11.0. The van der Waals surface area contributed by atoms with Gasteiger partial charge in [0.2, 0.25) is 6.33 Å². The van der Waals surface area contributed by atoms with E-state index in [1.165, 1.54) is 0 Å². The lowest BCUT2D eigenvalue weighted by atomic mass is 10.1. The highest BCUT2D eigenvalue weighted by Gasteiger charge is 2.03. The number of nitriles is 1. The normalized spacial score (nSPS) is 10.1. The Labute approximate surface area is 112 Å². The zero-order valence-electron chi connectivity index (χ0n) is 11.0. The minimum atomic E-state index is 0.590. The second-order valence-corrected chi connectivity index (χ2v) is 4.51. The molecule has 0 saturated carbocycles. The minimum Gasteiger partial charge on any atom is -0.399 e. The van der Waals surface area contributed by atoms with Gasteiger partial charge in [0.25, 0.3) is 0 Å². The van der Waals surface area contributed by atoms with E-state index in [9.17, 15) is 0 Å². The molecule has 1 aromatic carbocycles. The molecule has 98 valence electrons. The molecule has 0 unspecified atom stereocenters. The summed E-state index contributed by atoms with van der Waals surface area (Å²) in [5.41, 5.74) is 7.70. The van der Waals surface area contributed by atoms with E-state index in [1.54, 1.807) is 12.1 Å². The van der Waals surface area contributed by atoms with Crippen LogP contribution in [0.1, 0.15) is 12.0 Å². The summed E-state index contributed by atoms with van der Waals surface area (Å²) in [5, 5.41) is 12.3. The maximum atomic E-state index is 9.03. The number of hydrogen-bond acceptors (Lipinski definition) is 3. The first-order chi connectivity index (χ1) is 9.19. The number of rotatable bonds is 5. The predicted octanol–water partition coefficient (Wildman–Crippen LogP) is 1.27. The van der Waals surface area contributed by atoms with E-state index in [4.69, 9.17) is 11.0 Å². The smallest absolute Gasteiger partial charge is 0.243 e. The van der Waals surface area contributed by atoms with Crippen molar-refractivity contribution in [2.45, 2.75) is 13.0 Å². The molecule has 0 amide bonds. The molecule has 3 N–H and O–H groups in total. The van der Waals surface area contributed by atoms with Gasteiger partial charge >= 0.3 is 0 Å². The Balaban J connectivity index is 1.84. The molecule has 2 aromatic rings. The SMILES string of the molecule is C[n+]1ccn(CCCNc2ccc(N)cc2C#N)c1. The Bertz CT molecular complexity index is 594. The van der Waals surface area contributed by atoms with Crippen LogP contribution in [0.15, 0.2) is 36.9 Å². The topological polar surface area (TPSA) is 70.7 Å². The number of benzene rings is 1. The molecule has 0 aliphatic rings. The Morgan fingerprint density at radius 3 is 3.00 bits per heavy atom. The van der Waals surface area contributed by atoms with Crippen LogP contribution in [0, 0.1) is 11.3 Å². The third-order valence-electron chi connectivity index (χ3n) is 2.90. The maximum Gasteiger partial charge on any atom is 0.243 e. The summed E-state index contributed by atoms with van der Waals surface area (Å²) in [6.07, 6.45) is 7.10. The van der Waals surface area contributed by atoms with Gasteiger partial charge in [-0.1, -0.05) is 0 Å². The Kier molecular flexibility index (Phi) is 4.04. The van der Waals surface area contributed by atoms with Gasteiger partial charge in [-0.15, -0.1) is 0 Å². The molecule has 0 saturated heterocycles. The molecule has 0 aliphatic carbocycles. The first kappa shape index (κ1) is 13.0. The van der Waals surface area contributed by atoms with Gasteiger partial charge in [-0.3, -0.25) is 0 Å². The minimum absolute atomic E-state index is 0.590. The summed E-state index contributed by atoms with van der Waals surface area (Å²) in [6, 6.07) is 7.49. The first-order valence-corrected chi connectivity index (χ1v) is 6.23. The molecule has 19 heavy (non-hydrogen) atoms. The number of imidazole rings is 1. The number of nitrogens with two attached hydrogens (primary N) is 1. The number of nitrogen functional groups attached to an aromatic ring is 1. The monoisotopic (exact) mass is 256 g/mol. The number of nitrogens with zero attached hydrogens (tertiary/aromatic N) is 3. The van der Waals surface area contributed by atoms with E-state index in [0.717, 1.165) is 25.2 Å². The molecule has 0 atom stereocenters. The predicted molar refractivity (Wildman–Crippen MR) is 74.3 cm³/mol. The summed E-state index contributed by atoms with van der Waals surface area (Å²) >= 11 is 0. The van der Waals surface area contributed by atoms with Gasteiger partial charge in [0.05, 0.1) is 24.8 Å². The summed E-state index contributed by atoms with van der Waals surface area (Å²) < 4.78 is 4.15. The number of anilines is 2. The van der Waals surface area contributed by atoms with E-state index in [0.29, 0.717) is 11.3 Å². The van der Waals surface area contributed by atoms with Crippen LogP contribution in [0.5, 0.6) is 0 Å². The fraction of sp³-hybridized carbons (Fsp3) is 0.286. The van der Waals surface area contributed by atoms with Crippen LogP contribution in [-0.2, 0) is 13.6 Å². The third-order valence-corrected chi connectivity index (χ3v) is 2.90. The van der Waals surface area contributed by atoms with Crippen LogP contribution >= 0.6 is 0 Å². The van der Waals surface area contributed by atoms with Crippen molar-refractivity contribution in [3.63, 3.8) is 0 Å². The van der Waals surface area contributed by atoms with Crippen LogP contribution in [0.2, 0.25) is 0 Å². The van der Waals surface area contributed by atoms with Crippen molar-refractivity contribution >= 4 is 11.4 Å². The van der Waals surface area contributed by atoms with Crippen molar-refractivity contribution in [1.82, 2.24) is 4.57 Å². The van der Waals surface area contributed by atoms with Crippen molar-refractivity contribution in [2.75, 3.05) is 17.6 Å².